The number of nitrogens with zero attached hydrogens (tertiary/aromatic N) is 2. The Balaban J connectivity index is 1.53. The van der Waals surface area contributed by atoms with Crippen molar-refractivity contribution in [2.24, 2.45) is 34.8 Å². The van der Waals surface area contributed by atoms with Crippen LogP contribution in [0.5, 0.6) is 11.5 Å². The fourth-order valence-electron chi connectivity index (χ4n) is 7.32. The summed E-state index contributed by atoms with van der Waals surface area (Å²) in [6.07, 6.45) is 2.20. The van der Waals surface area contributed by atoms with Gasteiger partial charge in [0, 0.05) is 5.92 Å². The van der Waals surface area contributed by atoms with Crippen molar-refractivity contribution in [2.75, 3.05) is 12.0 Å². The molecule has 2 aromatic rings. The van der Waals surface area contributed by atoms with Crippen molar-refractivity contribution in [3.8, 4) is 11.5 Å². The number of ether oxygens (including phenoxy) is 1. The molecule has 39 heavy (non-hydrogen) atoms. The third-order valence-electron chi connectivity index (χ3n) is 9.05. The summed E-state index contributed by atoms with van der Waals surface area (Å²) in [6.45, 7) is 1.76. The molecule has 4 aliphatic rings. The van der Waals surface area contributed by atoms with Crippen LogP contribution in [-0.2, 0) is 19.2 Å². The number of likely N-dealkylation sites (tertiary alicyclic amines) is 1. The highest BCUT2D eigenvalue weighted by molar-refractivity contribution is 6.24. The summed E-state index contributed by atoms with van der Waals surface area (Å²) in [5, 5.41) is 10.6. The molecule has 2 saturated heterocycles. The van der Waals surface area contributed by atoms with E-state index in [4.69, 9.17) is 10.5 Å². The second-order valence-electron chi connectivity index (χ2n) is 10.8. The van der Waals surface area contributed by atoms with Gasteiger partial charge in [0.05, 0.1) is 36.0 Å². The molecule has 2 aliphatic heterocycles. The molecule has 6 amide bonds. The minimum atomic E-state index is -1.24. The normalized spacial score (nSPS) is 31.5. The predicted molar refractivity (Wildman–Crippen MR) is 137 cm³/mol. The number of phenolic OH excluding ortho intramolecular Hbond substituents is 1. The Hall–Kier alpha value is -4.47. The van der Waals surface area contributed by atoms with Crippen LogP contribution in [0.25, 0.3) is 0 Å². The second-order valence-corrected chi connectivity index (χ2v) is 10.8. The molecule has 0 radical (unpaired) electrons. The molecule has 10 nitrogen and oxygen atoms in total. The number of aromatic hydroxyl groups is 1. The molecule has 0 aromatic heterocycles. The number of nitrogens with two attached hydrogens (primary N) is 1. The zero-order valence-corrected chi connectivity index (χ0v) is 21.4. The average molecular weight is 530 g/mol. The summed E-state index contributed by atoms with van der Waals surface area (Å²) in [5.41, 5.74) is 5.90. The molecule has 2 aromatic carbocycles. The van der Waals surface area contributed by atoms with E-state index in [9.17, 15) is 29.1 Å². The molecule has 1 saturated carbocycles. The predicted octanol–water partition coefficient (Wildman–Crippen LogP) is 2.71. The Morgan fingerprint density at radius 1 is 1.03 bits per heavy atom. The van der Waals surface area contributed by atoms with Gasteiger partial charge in [0.1, 0.15) is 0 Å². The first kappa shape index (κ1) is 24.8. The van der Waals surface area contributed by atoms with E-state index in [-0.39, 0.29) is 36.2 Å². The number of carbonyl (C=O) groups excluding carboxylic acids is 5. The van der Waals surface area contributed by atoms with E-state index in [1.165, 1.54) is 18.1 Å². The van der Waals surface area contributed by atoms with E-state index in [1.807, 2.05) is 6.08 Å². The fraction of sp³-hybridized carbons (Fsp3) is 0.345. The van der Waals surface area contributed by atoms with E-state index in [0.29, 0.717) is 16.2 Å². The maximum atomic E-state index is 14.2. The Morgan fingerprint density at radius 3 is 2.38 bits per heavy atom. The Morgan fingerprint density at radius 2 is 1.74 bits per heavy atom. The largest absolute Gasteiger partial charge is 0.504 e. The third kappa shape index (κ3) is 3.23. The van der Waals surface area contributed by atoms with Crippen molar-refractivity contribution in [1.29, 1.82) is 0 Å². The molecule has 200 valence electrons. The van der Waals surface area contributed by atoms with E-state index in [1.54, 1.807) is 49.4 Å². The summed E-state index contributed by atoms with van der Waals surface area (Å²) in [6, 6.07) is 12.4. The number of fused-ring (bicyclic) bond motifs is 4. The maximum absolute atomic E-state index is 14.2. The number of para-hydroxylation sites is 1. The molecule has 3 N–H and O–H groups in total. The number of anilines is 1. The van der Waals surface area contributed by atoms with Crippen LogP contribution in [-0.4, -0.2) is 46.8 Å². The van der Waals surface area contributed by atoms with Crippen LogP contribution in [0.15, 0.2) is 60.2 Å². The summed E-state index contributed by atoms with van der Waals surface area (Å²) in [5.74, 6) is -5.69. The average Bonchev–Trinajstić information content (AvgIpc) is 3.28. The molecule has 0 spiro atoms. The Bertz CT molecular complexity index is 1480. The zero-order chi connectivity index (χ0) is 27.8. The first-order valence-corrected chi connectivity index (χ1v) is 12.8. The van der Waals surface area contributed by atoms with E-state index >= 15 is 0 Å². The lowest BCUT2D eigenvalue weighted by molar-refractivity contribution is -0.136. The van der Waals surface area contributed by atoms with Crippen molar-refractivity contribution in [3.63, 3.8) is 0 Å². The van der Waals surface area contributed by atoms with Gasteiger partial charge in [-0.3, -0.25) is 19.2 Å². The minimum Gasteiger partial charge on any atom is -0.504 e. The molecule has 2 heterocycles. The van der Waals surface area contributed by atoms with Crippen molar-refractivity contribution < 1.29 is 33.8 Å². The van der Waals surface area contributed by atoms with Crippen molar-refractivity contribution in [1.82, 2.24) is 4.90 Å². The lowest BCUT2D eigenvalue weighted by atomic mass is 9.51. The van der Waals surface area contributed by atoms with Crippen LogP contribution in [0.3, 0.4) is 0 Å². The summed E-state index contributed by atoms with van der Waals surface area (Å²) in [4.78, 5) is 68.2. The standard InChI is InChI=1S/C29H27N3O7/c1-29-19(25(35)31(27(29)37)15-6-4-3-5-7-15)13-18-16(23(29)14-8-11-21(39-2)20(33)12-14)9-10-17-22(18)26(36)32(24(17)34)28(30)38/h3-9,11-12,17-19,22-23,33H,10,13H2,1-2H3,(H2,30,38)/t17-,18+,19-,22-,23-,29+/m0/s1. The van der Waals surface area contributed by atoms with Gasteiger partial charge in [-0.2, -0.15) is 4.90 Å². The van der Waals surface area contributed by atoms with Crippen LogP contribution in [0.1, 0.15) is 31.2 Å². The van der Waals surface area contributed by atoms with Crippen molar-refractivity contribution in [3.05, 3.63) is 65.7 Å². The molecule has 0 bridgehead atoms. The van der Waals surface area contributed by atoms with Gasteiger partial charge in [-0.25, -0.2) is 9.69 Å². The van der Waals surface area contributed by atoms with Gasteiger partial charge in [0.25, 0.3) is 0 Å². The lowest BCUT2D eigenvalue weighted by Crippen LogP contribution is -2.49. The topological polar surface area (TPSA) is 147 Å². The van der Waals surface area contributed by atoms with Gasteiger partial charge in [-0.05, 0) is 55.5 Å². The molecule has 0 unspecified atom stereocenters. The van der Waals surface area contributed by atoms with Crippen LogP contribution < -0.4 is 15.4 Å². The number of hydrogen-bond acceptors (Lipinski definition) is 7. The first-order chi connectivity index (χ1) is 18.6. The number of hydrogen-bond donors (Lipinski definition) is 2. The van der Waals surface area contributed by atoms with Crippen molar-refractivity contribution >= 4 is 35.3 Å². The number of phenols is 1. The Labute approximate surface area is 224 Å². The molecule has 10 heteroatoms. The van der Waals surface area contributed by atoms with E-state index < -0.39 is 52.8 Å². The molecule has 6 atom stereocenters. The van der Waals surface area contributed by atoms with E-state index in [2.05, 4.69) is 0 Å². The number of amides is 6. The highest BCUT2D eigenvalue weighted by Crippen LogP contribution is 2.63. The smallest absolute Gasteiger partial charge is 0.328 e. The van der Waals surface area contributed by atoms with Crippen LogP contribution in [0.2, 0.25) is 0 Å². The van der Waals surface area contributed by atoms with Gasteiger partial charge < -0.3 is 15.6 Å². The number of methoxy groups -OCH3 is 1. The van der Waals surface area contributed by atoms with E-state index in [0.717, 1.165) is 5.57 Å². The molecule has 2 aliphatic carbocycles. The third-order valence-corrected chi connectivity index (χ3v) is 9.05. The number of primary amides is 1. The number of carbonyl (C=O) groups is 5. The monoisotopic (exact) mass is 529 g/mol. The molecular weight excluding hydrogens is 502 g/mol. The second kappa shape index (κ2) is 8.52. The maximum Gasteiger partial charge on any atom is 0.328 e. The van der Waals surface area contributed by atoms with Gasteiger partial charge in [0.2, 0.25) is 23.6 Å². The van der Waals surface area contributed by atoms with Gasteiger partial charge >= 0.3 is 6.03 Å². The van der Waals surface area contributed by atoms with Gasteiger partial charge in [-0.1, -0.05) is 35.9 Å². The van der Waals surface area contributed by atoms with Crippen molar-refractivity contribution in [2.45, 2.75) is 25.7 Å². The van der Waals surface area contributed by atoms with Crippen LogP contribution in [0, 0.1) is 29.1 Å². The SMILES string of the molecule is COc1ccc([C@H]2C3=CC[C@@H]4C(=O)N(C(N)=O)C(=O)[C@@H]4[C@@H]3C[C@H]3C(=O)N(c4ccccc4)C(=O)[C@@]23C)cc1O. The number of imide groups is 4. The lowest BCUT2D eigenvalue weighted by Gasteiger charge is -2.49. The first-order valence-electron chi connectivity index (χ1n) is 12.8. The fourth-order valence-corrected chi connectivity index (χ4v) is 7.32. The number of benzene rings is 2. The number of allylic oxidation sites excluding steroid dienone is 2. The Kier molecular flexibility index (Phi) is 5.43. The van der Waals surface area contributed by atoms with Gasteiger partial charge in [-0.15, -0.1) is 0 Å². The summed E-state index contributed by atoms with van der Waals surface area (Å²) < 4.78 is 5.21. The quantitative estimate of drug-likeness (QED) is 0.459. The zero-order valence-electron chi connectivity index (χ0n) is 21.4. The molecule has 3 fully saturated rings. The minimum absolute atomic E-state index is 0.129. The molecular formula is C29H27N3O7. The van der Waals surface area contributed by atoms with Crippen LogP contribution >= 0.6 is 0 Å². The van der Waals surface area contributed by atoms with Gasteiger partial charge in [0.15, 0.2) is 11.5 Å². The number of rotatable bonds is 3. The highest BCUT2D eigenvalue weighted by Gasteiger charge is 2.67. The summed E-state index contributed by atoms with van der Waals surface area (Å²) >= 11 is 0. The highest BCUT2D eigenvalue weighted by atomic mass is 16.5. The summed E-state index contributed by atoms with van der Waals surface area (Å²) in [7, 11) is 1.43. The van der Waals surface area contributed by atoms with Crippen LogP contribution in [0.4, 0.5) is 10.5 Å². The molecule has 6 rings (SSSR count). The number of urea groups is 1.